The van der Waals surface area contributed by atoms with Crippen molar-refractivity contribution in [2.45, 2.75) is 76.1 Å². The molecule has 3 heteroatoms. The van der Waals surface area contributed by atoms with Gasteiger partial charge in [-0.25, -0.2) is 0 Å². The maximum absolute atomic E-state index is 10.5. The summed E-state index contributed by atoms with van der Waals surface area (Å²) in [5.41, 5.74) is 1.38. The van der Waals surface area contributed by atoms with Crippen molar-refractivity contribution < 1.29 is 15.3 Å². The second-order valence-corrected chi connectivity index (χ2v) is 6.45. The Hall–Kier alpha value is -0.900. The number of aliphatic hydroxyl groups is 3. The van der Waals surface area contributed by atoms with E-state index in [0.717, 1.165) is 49.7 Å². The van der Waals surface area contributed by atoms with Gasteiger partial charge in [0.05, 0.1) is 11.7 Å². The quantitative estimate of drug-likeness (QED) is 0.755. The molecule has 0 bridgehead atoms. The highest BCUT2D eigenvalue weighted by Crippen LogP contribution is 2.32. The zero-order chi connectivity index (χ0) is 15.3. The molecule has 0 radical (unpaired) electrons. The minimum atomic E-state index is -0.826. The van der Waals surface area contributed by atoms with Crippen LogP contribution in [-0.2, 0) is 6.42 Å². The summed E-state index contributed by atoms with van der Waals surface area (Å²) >= 11 is 0. The molecule has 0 unspecified atom stereocenters. The number of hydrogen-bond donors (Lipinski definition) is 3. The first-order valence-electron chi connectivity index (χ1n) is 8.21. The predicted octanol–water partition coefficient (Wildman–Crippen LogP) is 3.12. The van der Waals surface area contributed by atoms with E-state index in [-0.39, 0.29) is 0 Å². The monoisotopic (exact) mass is 292 g/mol. The van der Waals surface area contributed by atoms with Crippen molar-refractivity contribution in [3.63, 3.8) is 0 Å². The van der Waals surface area contributed by atoms with Gasteiger partial charge in [-0.1, -0.05) is 50.5 Å². The van der Waals surface area contributed by atoms with Gasteiger partial charge in [0.1, 0.15) is 6.10 Å². The third-order valence-corrected chi connectivity index (χ3v) is 4.74. The lowest BCUT2D eigenvalue weighted by Crippen LogP contribution is -2.31. The van der Waals surface area contributed by atoms with Gasteiger partial charge in [0.15, 0.2) is 0 Å². The second kappa shape index (κ2) is 7.39. The summed E-state index contributed by atoms with van der Waals surface area (Å²) < 4.78 is 0. The molecule has 0 aliphatic heterocycles. The fourth-order valence-corrected chi connectivity index (χ4v) is 3.21. The molecule has 1 saturated carbocycles. The Morgan fingerprint density at radius 3 is 2.52 bits per heavy atom. The molecular weight excluding hydrogens is 264 g/mol. The fraction of sp³-hybridized carbons (Fsp3) is 0.667. The van der Waals surface area contributed by atoms with Crippen LogP contribution in [-0.4, -0.2) is 27.0 Å². The number of rotatable bonds is 6. The highest BCUT2D eigenvalue weighted by Gasteiger charge is 2.28. The molecule has 1 aromatic rings. The van der Waals surface area contributed by atoms with Crippen LogP contribution < -0.4 is 0 Å². The summed E-state index contributed by atoms with van der Waals surface area (Å²) in [7, 11) is 0. The van der Waals surface area contributed by atoms with E-state index in [1.54, 1.807) is 0 Å². The zero-order valence-corrected chi connectivity index (χ0v) is 13.0. The second-order valence-electron chi connectivity index (χ2n) is 6.45. The van der Waals surface area contributed by atoms with Crippen molar-refractivity contribution in [3.8, 4) is 0 Å². The van der Waals surface area contributed by atoms with Gasteiger partial charge in [-0.15, -0.1) is 0 Å². The fourth-order valence-electron chi connectivity index (χ4n) is 3.21. The molecule has 0 heterocycles. The smallest absolute Gasteiger partial charge is 0.105 e. The number of benzene rings is 1. The summed E-state index contributed by atoms with van der Waals surface area (Å²) in [6.07, 6.45) is 5.88. The summed E-state index contributed by atoms with van der Waals surface area (Å²) in [4.78, 5) is 0. The third kappa shape index (κ3) is 4.53. The van der Waals surface area contributed by atoms with E-state index < -0.39 is 17.8 Å². The molecule has 3 N–H and O–H groups in total. The molecule has 3 nitrogen and oxygen atoms in total. The van der Waals surface area contributed by atoms with Crippen molar-refractivity contribution in [1.29, 1.82) is 0 Å². The van der Waals surface area contributed by atoms with Crippen LogP contribution in [0.1, 0.15) is 69.1 Å². The molecule has 0 amide bonds. The molecule has 0 saturated heterocycles. The minimum Gasteiger partial charge on any atom is -0.390 e. The van der Waals surface area contributed by atoms with Crippen LogP contribution >= 0.6 is 0 Å². The summed E-state index contributed by atoms with van der Waals surface area (Å²) in [6.45, 7) is 1.86. The van der Waals surface area contributed by atoms with E-state index in [1.807, 2.05) is 31.2 Å². The molecule has 0 spiro atoms. The SMILES string of the molecule is CC[C@@H](O)[C@@H](O)c1cccc(CCC2(O)CCCCC2)c1. The number of aryl methyl sites for hydroxylation is 1. The summed E-state index contributed by atoms with van der Waals surface area (Å²) in [6, 6.07) is 7.75. The van der Waals surface area contributed by atoms with Crippen LogP contribution in [0, 0.1) is 0 Å². The zero-order valence-electron chi connectivity index (χ0n) is 13.0. The summed E-state index contributed by atoms with van der Waals surface area (Å²) in [5, 5.41) is 30.4. The van der Waals surface area contributed by atoms with Gasteiger partial charge in [0.2, 0.25) is 0 Å². The molecule has 1 aliphatic rings. The van der Waals surface area contributed by atoms with Gasteiger partial charge in [-0.3, -0.25) is 0 Å². The van der Waals surface area contributed by atoms with Gasteiger partial charge in [-0.05, 0) is 43.2 Å². The van der Waals surface area contributed by atoms with Crippen molar-refractivity contribution in [1.82, 2.24) is 0 Å². The van der Waals surface area contributed by atoms with Gasteiger partial charge in [-0.2, -0.15) is 0 Å². The molecule has 118 valence electrons. The maximum atomic E-state index is 10.5. The lowest BCUT2D eigenvalue weighted by atomic mass is 9.81. The minimum absolute atomic E-state index is 0.504. The lowest BCUT2D eigenvalue weighted by molar-refractivity contribution is -0.00348. The van der Waals surface area contributed by atoms with Crippen LogP contribution in [0.2, 0.25) is 0 Å². The van der Waals surface area contributed by atoms with E-state index in [2.05, 4.69) is 0 Å². The summed E-state index contributed by atoms with van der Waals surface area (Å²) in [5.74, 6) is 0. The van der Waals surface area contributed by atoms with E-state index >= 15 is 0 Å². The Morgan fingerprint density at radius 1 is 1.14 bits per heavy atom. The topological polar surface area (TPSA) is 60.7 Å². The first kappa shape index (κ1) is 16.5. The Kier molecular flexibility index (Phi) is 5.80. The Morgan fingerprint density at radius 2 is 1.86 bits per heavy atom. The standard InChI is InChI=1S/C18H28O3/c1-2-16(19)17(20)15-8-6-7-14(13-15)9-12-18(21)10-4-3-5-11-18/h6-8,13,16-17,19-21H,2-5,9-12H2,1H3/t16-,17+/m1/s1. The molecule has 0 aromatic heterocycles. The largest absolute Gasteiger partial charge is 0.390 e. The van der Waals surface area contributed by atoms with Crippen LogP contribution in [0.3, 0.4) is 0 Å². The van der Waals surface area contributed by atoms with Crippen LogP contribution in [0.4, 0.5) is 0 Å². The van der Waals surface area contributed by atoms with Crippen LogP contribution in [0.5, 0.6) is 0 Å². The predicted molar refractivity (Wildman–Crippen MR) is 84.1 cm³/mol. The van der Waals surface area contributed by atoms with Gasteiger partial charge in [0.25, 0.3) is 0 Å². The van der Waals surface area contributed by atoms with Crippen LogP contribution in [0.25, 0.3) is 0 Å². The Labute approximate surface area is 127 Å². The normalized spacial score (nSPS) is 21.0. The van der Waals surface area contributed by atoms with Gasteiger partial charge >= 0.3 is 0 Å². The van der Waals surface area contributed by atoms with Crippen molar-refractivity contribution in [3.05, 3.63) is 35.4 Å². The van der Waals surface area contributed by atoms with E-state index in [9.17, 15) is 15.3 Å². The van der Waals surface area contributed by atoms with Crippen molar-refractivity contribution in [2.24, 2.45) is 0 Å². The molecule has 21 heavy (non-hydrogen) atoms. The highest BCUT2D eigenvalue weighted by molar-refractivity contribution is 5.26. The maximum Gasteiger partial charge on any atom is 0.105 e. The van der Waals surface area contributed by atoms with Crippen molar-refractivity contribution >= 4 is 0 Å². The number of hydrogen-bond acceptors (Lipinski definition) is 3. The van der Waals surface area contributed by atoms with E-state index in [1.165, 1.54) is 6.42 Å². The molecule has 1 fully saturated rings. The first-order valence-corrected chi connectivity index (χ1v) is 8.21. The highest BCUT2D eigenvalue weighted by atomic mass is 16.3. The average Bonchev–Trinajstić information content (AvgIpc) is 2.52. The van der Waals surface area contributed by atoms with Crippen LogP contribution in [0.15, 0.2) is 24.3 Å². The Balaban J connectivity index is 1.97. The molecular formula is C18H28O3. The lowest BCUT2D eigenvalue weighted by Gasteiger charge is -2.32. The molecule has 1 aromatic carbocycles. The Bertz CT molecular complexity index is 438. The molecule has 2 rings (SSSR count). The first-order chi connectivity index (χ1) is 10.0. The van der Waals surface area contributed by atoms with Gasteiger partial charge < -0.3 is 15.3 Å². The number of aliphatic hydroxyl groups excluding tert-OH is 2. The molecule has 2 atom stereocenters. The van der Waals surface area contributed by atoms with Crippen molar-refractivity contribution in [2.75, 3.05) is 0 Å². The average molecular weight is 292 g/mol. The third-order valence-electron chi connectivity index (χ3n) is 4.74. The van der Waals surface area contributed by atoms with E-state index in [4.69, 9.17) is 0 Å². The van der Waals surface area contributed by atoms with Gasteiger partial charge in [0, 0.05) is 0 Å². The van der Waals surface area contributed by atoms with E-state index in [0.29, 0.717) is 6.42 Å². The molecule has 1 aliphatic carbocycles.